The van der Waals surface area contributed by atoms with Gasteiger partial charge in [-0.05, 0) is 0 Å². The third-order valence-electron chi connectivity index (χ3n) is 0.992. The molecule has 0 saturated carbocycles. The summed E-state index contributed by atoms with van der Waals surface area (Å²) in [4.78, 5) is 13.8. The highest BCUT2D eigenvalue weighted by atomic mass is 32.1. The highest BCUT2D eigenvalue weighted by Gasteiger charge is 2.12. The number of rotatable bonds is 2. The fraction of sp³-hybridized carbons (Fsp3) is 0.167. The van der Waals surface area contributed by atoms with Gasteiger partial charge in [0.1, 0.15) is 5.69 Å². The standard InChI is InChI=1S/C5H5N3O2S.CH4O/c6-3(4(9)10)2-1-11-5(7)8-2;1-2/h1,6H,(H2,7,8)(H,9,10);2H,1H3. The molecule has 0 radical (unpaired) electrons. The zero-order chi connectivity index (χ0) is 10.4. The van der Waals surface area contributed by atoms with Crippen molar-refractivity contribution in [3.63, 3.8) is 0 Å². The molecule has 5 N–H and O–H groups in total. The van der Waals surface area contributed by atoms with Crippen molar-refractivity contribution in [3.05, 3.63) is 11.1 Å². The number of carbonyl (C=O) groups is 1. The number of aliphatic hydroxyl groups is 1. The number of aromatic nitrogens is 1. The van der Waals surface area contributed by atoms with E-state index in [2.05, 4.69) is 4.98 Å². The number of nitrogens with two attached hydrogens (primary N) is 1. The fourth-order valence-corrected chi connectivity index (χ4v) is 1.07. The maximum absolute atomic E-state index is 10.2. The second kappa shape index (κ2) is 5.22. The Labute approximate surface area is 78.2 Å². The number of hydrogen-bond donors (Lipinski definition) is 4. The highest BCUT2D eigenvalue weighted by molar-refractivity contribution is 7.13. The first kappa shape index (κ1) is 11.5. The molecule has 0 aliphatic heterocycles. The number of anilines is 1. The first-order chi connectivity index (χ1) is 6.11. The van der Waals surface area contributed by atoms with E-state index in [1.807, 2.05) is 0 Å². The van der Waals surface area contributed by atoms with Crippen molar-refractivity contribution in [2.45, 2.75) is 0 Å². The van der Waals surface area contributed by atoms with Crippen LogP contribution in [0.3, 0.4) is 0 Å². The van der Waals surface area contributed by atoms with Crippen LogP contribution in [0.2, 0.25) is 0 Å². The molecule has 13 heavy (non-hydrogen) atoms. The van der Waals surface area contributed by atoms with Gasteiger partial charge in [-0.1, -0.05) is 0 Å². The molecule has 0 saturated heterocycles. The Morgan fingerprint density at radius 2 is 2.23 bits per heavy atom. The Balaban J connectivity index is 0.000000671. The Kier molecular flexibility index (Phi) is 4.63. The molecule has 0 fully saturated rings. The average molecular weight is 203 g/mol. The number of carboxylic acid groups (broad SMARTS) is 1. The van der Waals surface area contributed by atoms with Crippen molar-refractivity contribution >= 4 is 28.1 Å². The number of thiazole rings is 1. The van der Waals surface area contributed by atoms with Crippen LogP contribution in [0.5, 0.6) is 0 Å². The molecule has 0 aliphatic rings. The van der Waals surface area contributed by atoms with Gasteiger partial charge in [-0.25, -0.2) is 9.78 Å². The van der Waals surface area contributed by atoms with Gasteiger partial charge in [-0.15, -0.1) is 11.3 Å². The van der Waals surface area contributed by atoms with Gasteiger partial charge in [0.05, 0.1) is 0 Å². The fourth-order valence-electron chi connectivity index (χ4n) is 0.512. The topological polar surface area (TPSA) is 120 Å². The van der Waals surface area contributed by atoms with Crippen molar-refractivity contribution < 1.29 is 15.0 Å². The summed E-state index contributed by atoms with van der Waals surface area (Å²) in [5, 5.41) is 24.0. The molecule has 6 nitrogen and oxygen atoms in total. The molecule has 7 heteroatoms. The van der Waals surface area contributed by atoms with Crippen LogP contribution in [-0.4, -0.2) is 34.0 Å². The van der Waals surface area contributed by atoms with E-state index >= 15 is 0 Å². The molecular formula is C6H9N3O3S. The van der Waals surface area contributed by atoms with Crippen LogP contribution in [-0.2, 0) is 4.79 Å². The molecular weight excluding hydrogens is 194 g/mol. The lowest BCUT2D eigenvalue weighted by atomic mass is 10.3. The van der Waals surface area contributed by atoms with Crippen molar-refractivity contribution in [3.8, 4) is 0 Å². The molecule has 0 bridgehead atoms. The first-order valence-electron chi connectivity index (χ1n) is 3.09. The van der Waals surface area contributed by atoms with E-state index in [9.17, 15) is 4.79 Å². The van der Waals surface area contributed by atoms with E-state index < -0.39 is 11.7 Å². The monoisotopic (exact) mass is 203 g/mol. The second-order valence-corrected chi connectivity index (χ2v) is 2.64. The number of hydrogen-bond acceptors (Lipinski definition) is 6. The summed E-state index contributed by atoms with van der Waals surface area (Å²) in [7, 11) is 1.00. The molecule has 1 rings (SSSR count). The van der Waals surface area contributed by atoms with Crippen LogP contribution in [0, 0.1) is 5.41 Å². The molecule has 0 spiro atoms. The van der Waals surface area contributed by atoms with E-state index in [0.717, 1.165) is 18.4 Å². The molecule has 0 atom stereocenters. The number of aliphatic hydroxyl groups excluding tert-OH is 1. The SMILES string of the molecule is CO.N=C(C(=O)O)c1csc(N)n1. The summed E-state index contributed by atoms with van der Waals surface area (Å²) in [6.45, 7) is 0. The van der Waals surface area contributed by atoms with Crippen molar-refractivity contribution in [2.75, 3.05) is 12.8 Å². The van der Waals surface area contributed by atoms with Gasteiger partial charge in [0.15, 0.2) is 10.8 Å². The lowest BCUT2D eigenvalue weighted by Crippen LogP contribution is -2.12. The number of aliphatic carboxylic acids is 1. The van der Waals surface area contributed by atoms with Gasteiger partial charge >= 0.3 is 5.97 Å². The van der Waals surface area contributed by atoms with E-state index in [-0.39, 0.29) is 10.8 Å². The summed E-state index contributed by atoms with van der Waals surface area (Å²) in [6, 6.07) is 0. The minimum absolute atomic E-state index is 0.111. The zero-order valence-electron chi connectivity index (χ0n) is 6.81. The first-order valence-corrected chi connectivity index (χ1v) is 3.97. The lowest BCUT2D eigenvalue weighted by molar-refractivity contribution is -0.129. The number of carboxylic acids is 1. The number of nitrogen functional groups attached to an aromatic ring is 1. The van der Waals surface area contributed by atoms with E-state index in [1.165, 1.54) is 5.38 Å². The number of nitrogens with zero attached hydrogens (tertiary/aromatic N) is 1. The van der Waals surface area contributed by atoms with Crippen molar-refractivity contribution in [1.82, 2.24) is 4.98 Å². The highest BCUT2D eigenvalue weighted by Crippen LogP contribution is 2.11. The van der Waals surface area contributed by atoms with Gasteiger partial charge in [0.2, 0.25) is 0 Å². The van der Waals surface area contributed by atoms with Crippen molar-refractivity contribution in [1.29, 1.82) is 5.41 Å². The summed E-state index contributed by atoms with van der Waals surface area (Å²) < 4.78 is 0. The normalized spacial score (nSPS) is 8.46. The molecule has 0 aliphatic carbocycles. The largest absolute Gasteiger partial charge is 0.476 e. The van der Waals surface area contributed by atoms with Gasteiger partial charge < -0.3 is 15.9 Å². The molecule has 0 unspecified atom stereocenters. The third-order valence-corrected chi connectivity index (χ3v) is 1.67. The smallest absolute Gasteiger partial charge is 0.356 e. The minimum Gasteiger partial charge on any atom is -0.476 e. The Morgan fingerprint density at radius 3 is 2.54 bits per heavy atom. The summed E-state index contributed by atoms with van der Waals surface area (Å²) in [5.74, 6) is -1.30. The molecule has 1 aromatic rings. The zero-order valence-corrected chi connectivity index (χ0v) is 7.63. The van der Waals surface area contributed by atoms with Gasteiger partial charge in [-0.3, -0.25) is 5.41 Å². The van der Waals surface area contributed by atoms with Crippen LogP contribution < -0.4 is 5.73 Å². The predicted octanol–water partition coefficient (Wildman–Crippen LogP) is -0.214. The molecule has 1 aromatic heterocycles. The second-order valence-electron chi connectivity index (χ2n) is 1.75. The molecule has 72 valence electrons. The maximum Gasteiger partial charge on any atom is 0.356 e. The van der Waals surface area contributed by atoms with Crippen LogP contribution in [0.25, 0.3) is 0 Å². The van der Waals surface area contributed by atoms with Gasteiger partial charge in [0.25, 0.3) is 0 Å². The van der Waals surface area contributed by atoms with E-state index in [4.69, 9.17) is 21.4 Å². The van der Waals surface area contributed by atoms with Gasteiger partial charge in [0, 0.05) is 12.5 Å². The maximum atomic E-state index is 10.2. The lowest BCUT2D eigenvalue weighted by Gasteiger charge is -1.88. The van der Waals surface area contributed by atoms with Crippen LogP contribution in [0.1, 0.15) is 5.69 Å². The summed E-state index contributed by atoms with van der Waals surface area (Å²) in [6.07, 6.45) is 0. The molecule has 0 amide bonds. The van der Waals surface area contributed by atoms with Gasteiger partial charge in [-0.2, -0.15) is 0 Å². The van der Waals surface area contributed by atoms with Crippen LogP contribution in [0.4, 0.5) is 5.13 Å². The Hall–Kier alpha value is -1.47. The minimum atomic E-state index is -1.30. The van der Waals surface area contributed by atoms with Crippen molar-refractivity contribution in [2.24, 2.45) is 0 Å². The number of nitrogens with one attached hydrogen (secondary N) is 1. The Bertz CT molecular complexity index is 310. The molecule has 1 heterocycles. The third kappa shape index (κ3) is 3.18. The van der Waals surface area contributed by atoms with Crippen LogP contribution in [0.15, 0.2) is 5.38 Å². The van der Waals surface area contributed by atoms with E-state index in [0.29, 0.717) is 0 Å². The van der Waals surface area contributed by atoms with E-state index in [1.54, 1.807) is 0 Å². The Morgan fingerprint density at radius 1 is 1.69 bits per heavy atom. The average Bonchev–Trinajstić information content (AvgIpc) is 2.54. The summed E-state index contributed by atoms with van der Waals surface area (Å²) in [5.41, 5.74) is 4.82. The quantitative estimate of drug-likeness (QED) is 0.495. The molecule has 0 aromatic carbocycles. The van der Waals surface area contributed by atoms with Crippen LogP contribution >= 0.6 is 11.3 Å². The summed E-state index contributed by atoms with van der Waals surface area (Å²) >= 11 is 1.11. The predicted molar refractivity (Wildman–Crippen MR) is 49.1 cm³/mol.